The number of nitrogens with zero attached hydrogens (tertiary/aromatic N) is 5. The molecule has 0 radical (unpaired) electrons. The molecule has 29 heavy (non-hydrogen) atoms. The molecule has 9 heteroatoms. The molecule has 148 valence electrons. The zero-order chi connectivity index (χ0) is 21.0. The van der Waals surface area contributed by atoms with Crippen LogP contribution in [0.1, 0.15) is 49.7 Å². The predicted molar refractivity (Wildman–Crippen MR) is 106 cm³/mol. The summed E-state index contributed by atoms with van der Waals surface area (Å²) < 4.78 is 0. The summed E-state index contributed by atoms with van der Waals surface area (Å²) in [5.74, 6) is 0.324. The van der Waals surface area contributed by atoms with Crippen LogP contribution in [0.25, 0.3) is 0 Å². The Morgan fingerprint density at radius 1 is 0.862 bits per heavy atom. The Kier molecular flexibility index (Phi) is 5.87. The fourth-order valence-corrected chi connectivity index (χ4v) is 2.80. The van der Waals surface area contributed by atoms with Crippen LogP contribution in [0.15, 0.2) is 30.5 Å². The van der Waals surface area contributed by atoms with E-state index < -0.39 is 0 Å². The summed E-state index contributed by atoms with van der Waals surface area (Å²) in [7, 11) is 0. The lowest BCUT2D eigenvalue weighted by Crippen LogP contribution is -2.26. The van der Waals surface area contributed by atoms with Crippen LogP contribution in [0.3, 0.4) is 0 Å². The van der Waals surface area contributed by atoms with Crippen LogP contribution in [-0.2, 0) is 6.54 Å². The van der Waals surface area contributed by atoms with Crippen molar-refractivity contribution in [3.8, 4) is 0 Å². The normalized spacial score (nSPS) is 10.5. The molecule has 3 aromatic heterocycles. The van der Waals surface area contributed by atoms with E-state index in [9.17, 15) is 9.59 Å². The third-order valence-corrected chi connectivity index (χ3v) is 3.95. The lowest BCUT2D eigenvalue weighted by Gasteiger charge is -2.11. The number of amides is 2. The van der Waals surface area contributed by atoms with E-state index in [1.807, 2.05) is 0 Å². The lowest BCUT2D eigenvalue weighted by molar-refractivity contribution is 0.0944. The van der Waals surface area contributed by atoms with Gasteiger partial charge in [-0.25, -0.2) is 19.9 Å². The number of anilines is 1. The average Bonchev–Trinajstić information content (AvgIpc) is 2.65. The van der Waals surface area contributed by atoms with Crippen molar-refractivity contribution in [2.75, 3.05) is 5.32 Å². The van der Waals surface area contributed by atoms with Gasteiger partial charge < -0.3 is 10.6 Å². The molecule has 0 unspecified atom stereocenters. The first-order valence-corrected chi connectivity index (χ1v) is 9.00. The van der Waals surface area contributed by atoms with Gasteiger partial charge in [0, 0.05) is 17.6 Å². The van der Waals surface area contributed by atoms with E-state index in [4.69, 9.17) is 0 Å². The fourth-order valence-electron chi connectivity index (χ4n) is 2.80. The third-order valence-electron chi connectivity index (χ3n) is 3.95. The molecule has 2 N–H and O–H groups in total. The number of hydrogen-bond donors (Lipinski definition) is 2. The van der Waals surface area contributed by atoms with Gasteiger partial charge in [-0.1, -0.05) is 0 Å². The molecule has 9 nitrogen and oxygen atoms in total. The first kappa shape index (κ1) is 20.0. The Balaban J connectivity index is 1.73. The Bertz CT molecular complexity index is 1040. The Hall–Kier alpha value is -3.75. The summed E-state index contributed by atoms with van der Waals surface area (Å²) in [6, 6.07) is 6.64. The maximum absolute atomic E-state index is 12.6. The number of pyridine rings is 1. The van der Waals surface area contributed by atoms with Crippen molar-refractivity contribution in [3.05, 3.63) is 70.6 Å². The largest absolute Gasteiger partial charge is 0.345 e. The van der Waals surface area contributed by atoms with E-state index in [1.165, 1.54) is 0 Å². The first-order chi connectivity index (χ1) is 13.8. The van der Waals surface area contributed by atoms with Gasteiger partial charge in [0.25, 0.3) is 11.8 Å². The molecule has 0 aliphatic heterocycles. The molecule has 0 aromatic carbocycles. The number of carbonyl (C=O) groups is 2. The third kappa shape index (κ3) is 5.16. The average molecular weight is 391 g/mol. The van der Waals surface area contributed by atoms with Gasteiger partial charge in [-0.15, -0.1) is 0 Å². The van der Waals surface area contributed by atoms with Crippen LogP contribution in [0, 0.1) is 27.7 Å². The SMILES string of the molecule is Cc1cc(C(=O)NCc2ncccc2NC(=O)c2cc(C)nc(C)n2)nc(C)n1. The number of rotatable bonds is 5. The Morgan fingerprint density at radius 2 is 1.45 bits per heavy atom. The quantitative estimate of drug-likeness (QED) is 0.682. The number of hydrogen-bond acceptors (Lipinski definition) is 7. The molecule has 0 saturated heterocycles. The minimum absolute atomic E-state index is 0.124. The highest BCUT2D eigenvalue weighted by molar-refractivity contribution is 6.03. The molecule has 0 bridgehead atoms. The molecule has 0 fully saturated rings. The maximum atomic E-state index is 12.6. The maximum Gasteiger partial charge on any atom is 0.274 e. The molecular formula is C20H21N7O2. The van der Waals surface area contributed by atoms with Crippen molar-refractivity contribution < 1.29 is 9.59 Å². The highest BCUT2D eigenvalue weighted by Gasteiger charge is 2.14. The van der Waals surface area contributed by atoms with E-state index in [1.54, 1.807) is 58.2 Å². The highest BCUT2D eigenvalue weighted by atomic mass is 16.2. The molecule has 3 rings (SSSR count). The summed E-state index contributed by atoms with van der Waals surface area (Å²) in [4.78, 5) is 45.9. The standard InChI is InChI=1S/C20H21N7O2/c1-11-8-16(25-13(3)23-11)19(28)22-10-18-15(6-5-7-21-18)27-20(29)17-9-12(2)24-14(4)26-17/h5-9H,10H2,1-4H3,(H,22,28)(H,27,29). The highest BCUT2D eigenvalue weighted by Crippen LogP contribution is 2.14. The summed E-state index contributed by atoms with van der Waals surface area (Å²) in [6.07, 6.45) is 1.59. The second kappa shape index (κ2) is 8.51. The van der Waals surface area contributed by atoms with Crippen molar-refractivity contribution >= 4 is 17.5 Å². The van der Waals surface area contributed by atoms with Gasteiger partial charge in [-0.2, -0.15) is 0 Å². The van der Waals surface area contributed by atoms with Gasteiger partial charge in [0.1, 0.15) is 23.0 Å². The number of aryl methyl sites for hydroxylation is 4. The van der Waals surface area contributed by atoms with E-state index in [-0.39, 0.29) is 29.7 Å². The molecule has 0 saturated carbocycles. The second-order valence-electron chi connectivity index (χ2n) is 6.52. The molecule has 3 heterocycles. The second-order valence-corrected chi connectivity index (χ2v) is 6.52. The summed E-state index contributed by atoms with van der Waals surface area (Å²) in [5.41, 5.74) is 2.96. The van der Waals surface area contributed by atoms with Gasteiger partial charge in [-0.3, -0.25) is 14.6 Å². The summed E-state index contributed by atoms with van der Waals surface area (Å²) in [6.45, 7) is 7.18. The first-order valence-electron chi connectivity index (χ1n) is 9.00. The van der Waals surface area contributed by atoms with Gasteiger partial charge in [0.2, 0.25) is 0 Å². The lowest BCUT2D eigenvalue weighted by atomic mass is 10.2. The van der Waals surface area contributed by atoms with Gasteiger partial charge in [0.05, 0.1) is 17.9 Å². The zero-order valence-electron chi connectivity index (χ0n) is 16.6. The number of nitrogens with one attached hydrogen (secondary N) is 2. The van der Waals surface area contributed by atoms with Crippen molar-refractivity contribution in [1.29, 1.82) is 0 Å². The van der Waals surface area contributed by atoms with Crippen molar-refractivity contribution in [2.24, 2.45) is 0 Å². The molecule has 0 spiro atoms. The van der Waals surface area contributed by atoms with Crippen LogP contribution in [0.4, 0.5) is 5.69 Å². The predicted octanol–water partition coefficient (Wildman–Crippen LogP) is 2.08. The van der Waals surface area contributed by atoms with E-state index >= 15 is 0 Å². The number of carbonyl (C=O) groups excluding carboxylic acids is 2. The summed E-state index contributed by atoms with van der Waals surface area (Å²) >= 11 is 0. The van der Waals surface area contributed by atoms with Gasteiger partial charge in [-0.05, 0) is 52.0 Å². The van der Waals surface area contributed by atoms with Crippen LogP contribution >= 0.6 is 0 Å². The fraction of sp³-hybridized carbons (Fsp3) is 0.250. The Morgan fingerprint density at radius 3 is 2.03 bits per heavy atom. The van der Waals surface area contributed by atoms with E-state index in [2.05, 4.69) is 35.6 Å². The minimum Gasteiger partial charge on any atom is -0.345 e. The molecule has 2 amide bonds. The smallest absolute Gasteiger partial charge is 0.274 e. The van der Waals surface area contributed by atoms with Crippen LogP contribution < -0.4 is 10.6 Å². The number of aromatic nitrogens is 5. The topological polar surface area (TPSA) is 123 Å². The molecular weight excluding hydrogens is 370 g/mol. The monoisotopic (exact) mass is 391 g/mol. The van der Waals surface area contributed by atoms with Gasteiger partial charge >= 0.3 is 0 Å². The molecule has 3 aromatic rings. The zero-order valence-corrected chi connectivity index (χ0v) is 16.6. The molecule has 0 atom stereocenters. The van der Waals surface area contributed by atoms with Crippen molar-refractivity contribution in [3.63, 3.8) is 0 Å². The Labute approximate surface area is 168 Å². The van der Waals surface area contributed by atoms with Crippen molar-refractivity contribution in [1.82, 2.24) is 30.2 Å². The van der Waals surface area contributed by atoms with Crippen molar-refractivity contribution in [2.45, 2.75) is 34.2 Å². The van der Waals surface area contributed by atoms with Gasteiger partial charge in [0.15, 0.2) is 0 Å². The van der Waals surface area contributed by atoms with Crippen LogP contribution in [-0.4, -0.2) is 36.7 Å². The minimum atomic E-state index is -0.374. The summed E-state index contributed by atoms with van der Waals surface area (Å²) in [5, 5.41) is 5.57. The van der Waals surface area contributed by atoms with E-state index in [0.717, 1.165) is 0 Å². The molecule has 0 aliphatic carbocycles. The molecule has 0 aliphatic rings. The van der Waals surface area contributed by atoms with E-state index in [0.29, 0.717) is 34.4 Å². The van der Waals surface area contributed by atoms with Crippen LogP contribution in [0.2, 0.25) is 0 Å². The van der Waals surface area contributed by atoms with Crippen LogP contribution in [0.5, 0.6) is 0 Å².